The Kier molecular flexibility index (Phi) is 3.19. The summed E-state index contributed by atoms with van der Waals surface area (Å²) in [7, 11) is 0. The molecule has 0 amide bonds. The molecule has 0 bridgehead atoms. The molecule has 3 nitrogen and oxygen atoms in total. The highest BCUT2D eigenvalue weighted by molar-refractivity contribution is 6.20. The summed E-state index contributed by atoms with van der Waals surface area (Å²) < 4.78 is 0. The smallest absolute Gasteiger partial charge is 0.144 e. The van der Waals surface area contributed by atoms with E-state index < -0.39 is 0 Å². The number of alkyl halides is 1. The highest BCUT2D eigenvalue weighted by atomic mass is 35.5. The quantitative estimate of drug-likeness (QED) is 0.764. The van der Waals surface area contributed by atoms with E-state index in [0.29, 0.717) is 11.4 Å². The number of anilines is 1. The Bertz CT molecular complexity index is 270. The molecule has 14 heavy (non-hydrogen) atoms. The van der Waals surface area contributed by atoms with Gasteiger partial charge in [-0.25, -0.2) is 4.98 Å². The normalized spacial score (nSPS) is 27.2. The first-order valence-electron chi connectivity index (χ1n) is 5.01. The highest BCUT2D eigenvalue weighted by Gasteiger charge is 2.19. The van der Waals surface area contributed by atoms with E-state index in [1.807, 2.05) is 0 Å². The minimum atomic E-state index is 0.370. The summed E-state index contributed by atoms with van der Waals surface area (Å²) in [5.41, 5.74) is 0. The molecule has 1 saturated carbocycles. The van der Waals surface area contributed by atoms with Crippen LogP contribution in [-0.4, -0.2) is 21.4 Å². The minimum Gasteiger partial charge on any atom is -0.366 e. The molecule has 1 fully saturated rings. The van der Waals surface area contributed by atoms with Crippen molar-refractivity contribution >= 4 is 17.4 Å². The lowest BCUT2D eigenvalue weighted by Gasteiger charge is -2.25. The van der Waals surface area contributed by atoms with Gasteiger partial charge in [0.2, 0.25) is 0 Å². The molecule has 0 aliphatic heterocycles. The van der Waals surface area contributed by atoms with E-state index in [-0.39, 0.29) is 0 Å². The monoisotopic (exact) mass is 211 g/mol. The van der Waals surface area contributed by atoms with E-state index >= 15 is 0 Å². The zero-order valence-electron chi connectivity index (χ0n) is 7.99. The molecule has 76 valence electrons. The number of aromatic nitrogens is 2. The van der Waals surface area contributed by atoms with Crippen molar-refractivity contribution in [3.63, 3.8) is 0 Å². The number of halogens is 1. The van der Waals surface area contributed by atoms with Gasteiger partial charge in [-0.05, 0) is 25.7 Å². The number of hydrogen-bond acceptors (Lipinski definition) is 3. The second-order valence-corrected chi connectivity index (χ2v) is 4.30. The first-order valence-corrected chi connectivity index (χ1v) is 5.45. The number of hydrogen-bond donors (Lipinski definition) is 1. The Labute approximate surface area is 88.9 Å². The fraction of sp³-hybridized carbons (Fsp3) is 0.600. The summed E-state index contributed by atoms with van der Waals surface area (Å²) in [6.07, 6.45) is 9.59. The number of nitrogens with zero attached hydrogens (tertiary/aromatic N) is 2. The van der Waals surface area contributed by atoms with Crippen LogP contribution in [0.4, 0.5) is 5.82 Å². The summed E-state index contributed by atoms with van der Waals surface area (Å²) in [5, 5.41) is 3.74. The van der Waals surface area contributed by atoms with E-state index in [2.05, 4.69) is 15.3 Å². The lowest BCUT2D eigenvalue weighted by atomic mass is 9.95. The van der Waals surface area contributed by atoms with Gasteiger partial charge in [0, 0.05) is 23.8 Å². The van der Waals surface area contributed by atoms with Gasteiger partial charge in [0.15, 0.2) is 0 Å². The maximum atomic E-state index is 6.03. The average Bonchev–Trinajstić information content (AvgIpc) is 2.23. The summed E-state index contributed by atoms with van der Waals surface area (Å²) in [4.78, 5) is 8.20. The molecule has 0 spiro atoms. The molecule has 0 saturated heterocycles. The van der Waals surface area contributed by atoms with Crippen molar-refractivity contribution in [2.45, 2.75) is 37.1 Å². The van der Waals surface area contributed by atoms with Gasteiger partial charge in [-0.2, -0.15) is 0 Å². The summed E-state index contributed by atoms with van der Waals surface area (Å²) in [6.45, 7) is 0. The predicted octanol–water partition coefficient (Wildman–Crippen LogP) is 2.44. The summed E-state index contributed by atoms with van der Waals surface area (Å²) in [5.74, 6) is 0.866. The molecular weight excluding hydrogens is 198 g/mol. The van der Waals surface area contributed by atoms with E-state index in [1.54, 1.807) is 18.6 Å². The van der Waals surface area contributed by atoms with Crippen molar-refractivity contribution in [2.75, 3.05) is 5.32 Å². The Morgan fingerprint density at radius 2 is 2.00 bits per heavy atom. The van der Waals surface area contributed by atoms with Crippen LogP contribution in [0.1, 0.15) is 25.7 Å². The topological polar surface area (TPSA) is 37.8 Å². The Morgan fingerprint density at radius 1 is 1.21 bits per heavy atom. The first kappa shape index (κ1) is 9.71. The molecule has 1 aromatic heterocycles. The maximum Gasteiger partial charge on any atom is 0.144 e. The van der Waals surface area contributed by atoms with Crippen LogP contribution in [0.25, 0.3) is 0 Å². The number of rotatable bonds is 2. The second kappa shape index (κ2) is 4.60. The van der Waals surface area contributed by atoms with Gasteiger partial charge in [0.25, 0.3) is 0 Å². The molecule has 1 heterocycles. The van der Waals surface area contributed by atoms with Gasteiger partial charge in [0.1, 0.15) is 5.82 Å². The van der Waals surface area contributed by atoms with Gasteiger partial charge in [0.05, 0.1) is 6.20 Å². The third-order valence-corrected chi connectivity index (χ3v) is 3.01. The molecule has 1 aromatic rings. The molecule has 2 rings (SSSR count). The Hall–Kier alpha value is -0.830. The summed E-state index contributed by atoms with van der Waals surface area (Å²) >= 11 is 6.03. The lowest BCUT2D eigenvalue weighted by molar-refractivity contribution is 0.467. The molecule has 0 aromatic carbocycles. The fourth-order valence-corrected chi connectivity index (χ4v) is 2.03. The third kappa shape index (κ3) is 2.58. The van der Waals surface area contributed by atoms with E-state index in [0.717, 1.165) is 31.5 Å². The van der Waals surface area contributed by atoms with Crippen molar-refractivity contribution in [3.05, 3.63) is 18.6 Å². The SMILES string of the molecule is ClC1CCC(Nc2cnccn2)CC1. The van der Waals surface area contributed by atoms with Crippen LogP contribution in [-0.2, 0) is 0 Å². The largest absolute Gasteiger partial charge is 0.366 e. The molecule has 0 atom stereocenters. The van der Waals surface area contributed by atoms with Crippen molar-refractivity contribution in [1.29, 1.82) is 0 Å². The zero-order valence-corrected chi connectivity index (χ0v) is 8.74. The Balaban J connectivity index is 1.87. The lowest BCUT2D eigenvalue weighted by Crippen LogP contribution is -2.26. The minimum absolute atomic E-state index is 0.370. The van der Waals surface area contributed by atoms with Crippen molar-refractivity contribution < 1.29 is 0 Å². The third-order valence-electron chi connectivity index (χ3n) is 2.57. The van der Waals surface area contributed by atoms with Crippen molar-refractivity contribution in [1.82, 2.24) is 9.97 Å². The van der Waals surface area contributed by atoms with E-state index in [9.17, 15) is 0 Å². The number of nitrogens with one attached hydrogen (secondary N) is 1. The van der Waals surface area contributed by atoms with E-state index in [4.69, 9.17) is 11.6 Å². The van der Waals surface area contributed by atoms with Gasteiger partial charge < -0.3 is 5.32 Å². The summed E-state index contributed by atoms with van der Waals surface area (Å²) in [6, 6.07) is 0.515. The van der Waals surface area contributed by atoms with Crippen LogP contribution in [0.5, 0.6) is 0 Å². The molecule has 1 N–H and O–H groups in total. The van der Waals surface area contributed by atoms with Crippen LogP contribution in [0, 0.1) is 0 Å². The molecule has 4 heteroatoms. The van der Waals surface area contributed by atoms with Crippen LogP contribution in [0.15, 0.2) is 18.6 Å². The Morgan fingerprint density at radius 3 is 2.64 bits per heavy atom. The zero-order chi connectivity index (χ0) is 9.80. The first-order chi connectivity index (χ1) is 6.84. The van der Waals surface area contributed by atoms with Crippen molar-refractivity contribution in [2.24, 2.45) is 0 Å². The molecule has 0 radical (unpaired) electrons. The van der Waals surface area contributed by atoms with Crippen LogP contribution in [0.2, 0.25) is 0 Å². The van der Waals surface area contributed by atoms with E-state index in [1.165, 1.54) is 0 Å². The van der Waals surface area contributed by atoms with Crippen molar-refractivity contribution in [3.8, 4) is 0 Å². The van der Waals surface area contributed by atoms with Crippen LogP contribution >= 0.6 is 11.6 Å². The van der Waals surface area contributed by atoms with Crippen LogP contribution < -0.4 is 5.32 Å². The van der Waals surface area contributed by atoms with Gasteiger partial charge in [-0.15, -0.1) is 11.6 Å². The van der Waals surface area contributed by atoms with Gasteiger partial charge in [-0.1, -0.05) is 0 Å². The molecule has 1 aliphatic rings. The standard InChI is InChI=1S/C10H14ClN3/c11-8-1-3-9(4-2-8)14-10-7-12-5-6-13-10/h5-9H,1-4H2,(H,13,14). The molecular formula is C10H14ClN3. The second-order valence-electron chi connectivity index (χ2n) is 3.68. The predicted molar refractivity (Wildman–Crippen MR) is 57.6 cm³/mol. The fourth-order valence-electron chi connectivity index (χ4n) is 1.78. The molecule has 1 aliphatic carbocycles. The maximum absolute atomic E-state index is 6.03. The van der Waals surface area contributed by atoms with Gasteiger partial charge in [-0.3, -0.25) is 4.98 Å². The van der Waals surface area contributed by atoms with Crippen LogP contribution in [0.3, 0.4) is 0 Å². The molecule has 0 unspecified atom stereocenters. The average molecular weight is 212 g/mol. The van der Waals surface area contributed by atoms with Gasteiger partial charge >= 0.3 is 0 Å². The highest BCUT2D eigenvalue weighted by Crippen LogP contribution is 2.24.